The first-order valence-corrected chi connectivity index (χ1v) is 37.0. The molecule has 3 atom stereocenters. The number of para-hydroxylation sites is 3. The average Bonchev–Trinajstić information content (AvgIpc) is 1.61. The number of piperidine rings is 3. The number of ketones is 2. The van der Waals surface area contributed by atoms with E-state index in [9.17, 15) is 59.9 Å². The van der Waals surface area contributed by atoms with E-state index in [4.69, 9.17) is 55.0 Å². The van der Waals surface area contributed by atoms with E-state index in [-0.39, 0.29) is 75.9 Å². The van der Waals surface area contributed by atoms with E-state index in [1.165, 1.54) is 74.9 Å². The summed E-state index contributed by atoms with van der Waals surface area (Å²) in [5, 5.41) is 27.0. The summed E-state index contributed by atoms with van der Waals surface area (Å²) >= 11 is 3.06. The number of anilines is 1. The maximum atomic E-state index is 14.0. The van der Waals surface area contributed by atoms with Crippen LogP contribution >= 0.6 is 15.9 Å². The third-order valence-corrected chi connectivity index (χ3v) is 17.1. The number of alkyl halides is 1. The Morgan fingerprint density at radius 2 is 0.983 bits per heavy atom. The number of nitrogens with two attached hydrogens (primary N) is 2. The first-order chi connectivity index (χ1) is 54.9. The summed E-state index contributed by atoms with van der Waals surface area (Å²) in [4.78, 5) is 104. The van der Waals surface area contributed by atoms with Gasteiger partial charge in [0.1, 0.15) is 28.5 Å². The minimum atomic E-state index is -1.82. The van der Waals surface area contributed by atoms with Gasteiger partial charge in [-0.3, -0.25) is 19.1 Å². The number of carbonyl (C=O) groups excluding carboxylic acids is 7. The molecule has 0 bridgehead atoms. The van der Waals surface area contributed by atoms with Crippen molar-refractivity contribution in [1.82, 2.24) is 34.8 Å². The molecule has 0 saturated carbocycles. The van der Waals surface area contributed by atoms with Crippen molar-refractivity contribution in [3.63, 3.8) is 0 Å². The van der Waals surface area contributed by atoms with Crippen molar-refractivity contribution in [3.05, 3.63) is 198 Å². The number of nitrogens with one attached hydrogen (secondary N) is 1. The van der Waals surface area contributed by atoms with Gasteiger partial charge >= 0.3 is 36.1 Å². The summed E-state index contributed by atoms with van der Waals surface area (Å²) in [6, 6.07) is 29.6. The van der Waals surface area contributed by atoms with E-state index in [0.717, 1.165) is 103 Å². The van der Waals surface area contributed by atoms with Crippen LogP contribution in [0, 0.1) is 46.7 Å². The maximum absolute atomic E-state index is 14.0. The third-order valence-electron chi connectivity index (χ3n) is 16.6. The molecule has 2 aromatic heterocycles. The smallest absolute Gasteiger partial charge is 0.414 e. The molecule has 3 aliphatic rings. The molecule has 0 radical (unpaired) electrons. The van der Waals surface area contributed by atoms with Crippen molar-refractivity contribution in [3.8, 4) is 57.5 Å². The maximum Gasteiger partial charge on any atom is 0.414 e. The number of methoxy groups -OCH3 is 2. The lowest BCUT2D eigenvalue weighted by Gasteiger charge is -2.34. The predicted molar refractivity (Wildman–Crippen MR) is 420 cm³/mol. The van der Waals surface area contributed by atoms with Crippen molar-refractivity contribution >= 4 is 86.2 Å². The quantitative estimate of drug-likeness (QED) is 0.00732. The highest BCUT2D eigenvalue weighted by atomic mass is 79.9. The van der Waals surface area contributed by atoms with E-state index < -0.39 is 87.2 Å². The number of amides is 3. The Morgan fingerprint density at radius 1 is 0.581 bits per heavy atom. The first-order valence-electron chi connectivity index (χ1n) is 35.8. The molecule has 626 valence electrons. The number of benzene rings is 6. The Bertz CT molecular complexity index is 4730. The number of hydrogen-bond donors (Lipinski definition) is 5. The number of halogens is 8. The molecule has 0 aliphatic carbocycles. The lowest BCUT2D eigenvalue weighted by molar-refractivity contribution is -0.159. The topological polar surface area (TPSA) is 363 Å². The van der Waals surface area contributed by atoms with Crippen molar-refractivity contribution in [2.75, 3.05) is 71.1 Å². The molecule has 35 heteroatoms. The molecule has 3 saturated heterocycles. The van der Waals surface area contributed by atoms with Gasteiger partial charge in [0.2, 0.25) is 5.91 Å². The van der Waals surface area contributed by atoms with Gasteiger partial charge in [0, 0.05) is 86.1 Å². The SMILES string of the molecule is C=CC(=O)N1CCC[C@@H](n2cc(-c3ccc(Oc4c(F)cccc4F)cc3)c3c(N)nncc32)C1.CC(C)(C)OC(=O)N1CCC[C@@H](N)C1.CC(C)(C)OC(=O)N1CCC[C@@H](NCC(=O)c2ccc(Oc3c(F)cccc3F)cc2)C1.COC(=O)C#CC(=O)OC.F.O=C(CBr)c1ccc(Oc2c(F)cccc2F)cc1.O=C(O)C(=O)O. The molecular formula is C82H89BrF7N9O18. The second-order valence-electron chi connectivity index (χ2n) is 27.6. The highest BCUT2D eigenvalue weighted by molar-refractivity contribution is 9.09. The minimum Gasteiger partial charge on any atom is -0.473 e. The summed E-state index contributed by atoms with van der Waals surface area (Å²) in [5.41, 5.74) is 14.5. The van der Waals surface area contributed by atoms with Gasteiger partial charge in [-0.1, -0.05) is 52.8 Å². The molecular weight excluding hydrogens is 1610 g/mol. The monoisotopic (exact) mass is 1700 g/mol. The van der Waals surface area contributed by atoms with E-state index in [1.807, 2.05) is 59.6 Å². The van der Waals surface area contributed by atoms with Gasteiger partial charge < -0.3 is 79.4 Å². The van der Waals surface area contributed by atoms with Crippen LogP contribution < -0.4 is 31.0 Å². The van der Waals surface area contributed by atoms with E-state index >= 15 is 0 Å². The Kier molecular flexibility index (Phi) is 37.1. The van der Waals surface area contributed by atoms with Crippen LogP contribution in [0.4, 0.5) is 46.5 Å². The van der Waals surface area contributed by atoms with Crippen molar-refractivity contribution in [2.45, 2.75) is 109 Å². The Labute approximate surface area is 677 Å². The molecule has 0 spiro atoms. The third kappa shape index (κ3) is 30.4. The number of Topliss-reactive ketones (excluding diaryl/α,β-unsaturated/α-hetero) is 2. The van der Waals surface area contributed by atoms with Crippen molar-refractivity contribution in [2.24, 2.45) is 5.73 Å². The molecule has 117 heavy (non-hydrogen) atoms. The number of esters is 2. The lowest BCUT2D eigenvalue weighted by Crippen LogP contribution is -2.50. The van der Waals surface area contributed by atoms with Crippen LogP contribution in [0.25, 0.3) is 22.0 Å². The Hall–Kier alpha value is -12.4. The molecule has 0 unspecified atom stereocenters. The van der Waals surface area contributed by atoms with Crippen LogP contribution in [0.3, 0.4) is 0 Å². The Morgan fingerprint density at radius 3 is 1.38 bits per heavy atom. The minimum absolute atomic E-state index is 0. The summed E-state index contributed by atoms with van der Waals surface area (Å²) < 4.78 is 119. The fourth-order valence-corrected chi connectivity index (χ4v) is 11.5. The molecule has 8 aromatic rings. The molecule has 27 nitrogen and oxygen atoms in total. The number of fused-ring (bicyclic) bond motifs is 1. The second-order valence-corrected chi connectivity index (χ2v) is 28.1. The fraction of sp³-hybridized carbons (Fsp3) is 0.329. The van der Waals surface area contributed by atoms with Crippen molar-refractivity contribution in [1.29, 1.82) is 0 Å². The van der Waals surface area contributed by atoms with Crippen LogP contribution in [0.2, 0.25) is 0 Å². The highest BCUT2D eigenvalue weighted by Crippen LogP contribution is 2.39. The number of likely N-dealkylation sites (tertiary alicyclic amines) is 3. The average molecular weight is 1700 g/mol. The number of aliphatic carboxylic acids is 2. The first kappa shape index (κ1) is 95.2. The number of aromatic nitrogens is 3. The predicted octanol–water partition coefficient (Wildman–Crippen LogP) is 14.4. The number of nitrogens with zero attached hydrogens (tertiary/aromatic N) is 6. The fourth-order valence-electron chi connectivity index (χ4n) is 11.1. The normalized spacial score (nSPS) is 14.7. The van der Waals surface area contributed by atoms with Crippen LogP contribution in [-0.4, -0.2) is 182 Å². The van der Waals surface area contributed by atoms with E-state index in [0.29, 0.717) is 55.4 Å². The van der Waals surface area contributed by atoms with Crippen LogP contribution in [-0.2, 0) is 42.9 Å². The van der Waals surface area contributed by atoms with Crippen molar-refractivity contribution < 1.29 is 118 Å². The van der Waals surface area contributed by atoms with Gasteiger partial charge in [-0.25, -0.2) is 55.1 Å². The second kappa shape index (κ2) is 45.6. The van der Waals surface area contributed by atoms with Crippen LogP contribution in [0.15, 0.2) is 152 Å². The molecule has 3 aliphatic heterocycles. The number of hydrogen-bond acceptors (Lipinski definition) is 21. The molecule has 3 amide bonds. The number of rotatable bonds is 15. The van der Waals surface area contributed by atoms with Gasteiger partial charge in [0.15, 0.2) is 69.5 Å². The van der Waals surface area contributed by atoms with Gasteiger partial charge in [0.25, 0.3) is 0 Å². The summed E-state index contributed by atoms with van der Waals surface area (Å²) in [6.07, 6.45) is 9.81. The van der Waals surface area contributed by atoms with Crippen LogP contribution in [0.1, 0.15) is 107 Å². The molecule has 7 N–H and O–H groups in total. The zero-order valence-electron chi connectivity index (χ0n) is 65.0. The number of carboxylic acid groups (broad SMARTS) is 2. The number of nitrogen functional groups attached to an aromatic ring is 1. The van der Waals surface area contributed by atoms with Gasteiger partial charge in [-0.05, 0) is 189 Å². The van der Waals surface area contributed by atoms with Gasteiger partial charge in [-0.2, -0.15) is 5.10 Å². The molecule has 3 fully saturated rings. The number of carboxylic acids is 2. The summed E-state index contributed by atoms with van der Waals surface area (Å²) in [6.45, 7) is 18.5. The van der Waals surface area contributed by atoms with E-state index in [2.05, 4.69) is 52.1 Å². The summed E-state index contributed by atoms with van der Waals surface area (Å²) in [5.74, 6) is -6.72. The molecule has 5 heterocycles. The van der Waals surface area contributed by atoms with Gasteiger partial charge in [-0.15, -0.1) is 5.10 Å². The zero-order chi connectivity index (χ0) is 85.6. The van der Waals surface area contributed by atoms with E-state index in [1.54, 1.807) is 57.3 Å². The lowest BCUT2D eigenvalue weighted by atomic mass is 10.1. The number of carbonyl (C=O) groups is 9. The molecule has 11 rings (SSSR count). The highest BCUT2D eigenvalue weighted by Gasteiger charge is 2.31. The standard InChI is InChI=1S/C26H23F2N5O2.C24H28F2N2O4.C14H9BrF2O2.C10H20N2O2.C6H6O4.C2H2O4.FH/c1-2-23(34)32-12-4-5-17(14-32)33-15-19(24-22(33)13-30-31-26(24)29)16-8-10-18(11-9-16)35-25-20(27)6-3-7-21(25)28;1-24(2,3)32-23(30)28-13-5-6-17(15-28)27-14-21(29)16-9-11-18(12-10-16)31-22-19(25)7-4-8-20(22)26;15-8-13(18)9-4-6-10(7-5-9)19-14-11(16)2-1-3-12(14)17;1-10(2,3)14-9(13)12-6-4-5-8(11)7-12;1-9-5(7)3-4-6(8)10-2;3-1(4)2(5)6;/h2-3,6-11,13,15,17H,1,4-5,12,14H2,(H2,29,31);4,7-12,17,27H,5-6,13-15H2,1-3H3;1-7H,8H2;8H,4-7,11H2,1-3H3;1-2H3;(H,3,4)(H,5,6);1H/t2*17-;;8-;;;/m11.1.../s1. The summed E-state index contributed by atoms with van der Waals surface area (Å²) in [7, 11) is 2.35. The largest absolute Gasteiger partial charge is 0.473 e. The zero-order valence-corrected chi connectivity index (χ0v) is 66.6. The molecule has 6 aromatic carbocycles. The van der Waals surface area contributed by atoms with Gasteiger partial charge in [0.05, 0.1) is 49.2 Å². The Balaban J connectivity index is 0.000000271. The number of ether oxygens (including phenoxy) is 7. The van der Waals surface area contributed by atoms with Crippen LogP contribution in [0.5, 0.6) is 34.5 Å².